The molecule has 4 heteroatoms. The highest BCUT2D eigenvalue weighted by Crippen LogP contribution is 2.36. The molecule has 1 heterocycles. The minimum Gasteiger partial charge on any atom is -0.378 e. The summed E-state index contributed by atoms with van der Waals surface area (Å²) in [6.45, 7) is 5.48. The van der Waals surface area contributed by atoms with E-state index in [1.807, 2.05) is 0 Å². The van der Waals surface area contributed by atoms with Crippen molar-refractivity contribution in [3.05, 3.63) is 70.8 Å². The standard InChI is InChI=1S/C21H22N2OS/c1-15-6-8-17(9-7-15)22-21(25)19-14-16-4-2-3-5-18(16)20(19)23-10-12-24-13-11-23/h2-9H,10-14H2,1H3,(H,22,25). The highest BCUT2D eigenvalue weighted by atomic mass is 32.1. The summed E-state index contributed by atoms with van der Waals surface area (Å²) in [6.07, 6.45) is 0.889. The van der Waals surface area contributed by atoms with E-state index in [0.29, 0.717) is 0 Å². The van der Waals surface area contributed by atoms with Gasteiger partial charge in [0.2, 0.25) is 0 Å². The van der Waals surface area contributed by atoms with Gasteiger partial charge in [-0.05, 0) is 24.6 Å². The van der Waals surface area contributed by atoms with Gasteiger partial charge in [0, 0.05) is 36.3 Å². The molecule has 0 radical (unpaired) electrons. The van der Waals surface area contributed by atoms with Gasteiger partial charge in [-0.3, -0.25) is 0 Å². The topological polar surface area (TPSA) is 24.5 Å². The van der Waals surface area contributed by atoms with Gasteiger partial charge in [-0.1, -0.05) is 54.2 Å². The van der Waals surface area contributed by atoms with Crippen LogP contribution in [0.4, 0.5) is 5.69 Å². The molecule has 25 heavy (non-hydrogen) atoms. The molecule has 4 rings (SSSR count). The summed E-state index contributed by atoms with van der Waals surface area (Å²) >= 11 is 5.80. The van der Waals surface area contributed by atoms with Crippen molar-refractivity contribution in [2.45, 2.75) is 13.3 Å². The maximum Gasteiger partial charge on any atom is 0.109 e. The number of ether oxygens (including phenoxy) is 1. The third-order valence-electron chi connectivity index (χ3n) is 4.84. The molecular weight excluding hydrogens is 328 g/mol. The number of hydrogen-bond donors (Lipinski definition) is 1. The highest BCUT2D eigenvalue weighted by molar-refractivity contribution is 7.81. The summed E-state index contributed by atoms with van der Waals surface area (Å²) < 4.78 is 5.54. The Bertz CT molecular complexity index is 820. The highest BCUT2D eigenvalue weighted by Gasteiger charge is 2.28. The zero-order chi connectivity index (χ0) is 17.2. The predicted octanol–water partition coefficient (Wildman–Crippen LogP) is 4.03. The van der Waals surface area contributed by atoms with Gasteiger partial charge >= 0.3 is 0 Å². The second kappa shape index (κ2) is 6.98. The number of thiocarbonyl (C=S) groups is 1. The molecule has 3 nitrogen and oxygen atoms in total. The Morgan fingerprint density at radius 2 is 1.76 bits per heavy atom. The van der Waals surface area contributed by atoms with Crippen molar-refractivity contribution >= 4 is 28.6 Å². The Hall–Kier alpha value is -2.17. The Morgan fingerprint density at radius 1 is 1.04 bits per heavy atom. The molecule has 128 valence electrons. The van der Waals surface area contributed by atoms with Gasteiger partial charge in [-0.15, -0.1) is 0 Å². The van der Waals surface area contributed by atoms with Gasteiger partial charge < -0.3 is 15.0 Å². The number of nitrogens with zero attached hydrogens (tertiary/aromatic N) is 1. The smallest absolute Gasteiger partial charge is 0.109 e. The number of hydrogen-bond acceptors (Lipinski definition) is 3. The van der Waals surface area contributed by atoms with E-state index in [4.69, 9.17) is 17.0 Å². The minimum atomic E-state index is 0.775. The summed E-state index contributed by atoms with van der Waals surface area (Å²) in [5.74, 6) is 0. The molecule has 2 aromatic carbocycles. The molecule has 0 spiro atoms. The number of fused-ring (bicyclic) bond motifs is 1. The van der Waals surface area contributed by atoms with Gasteiger partial charge in [0.25, 0.3) is 0 Å². The van der Waals surface area contributed by atoms with Crippen molar-refractivity contribution in [1.82, 2.24) is 4.90 Å². The number of benzene rings is 2. The zero-order valence-electron chi connectivity index (χ0n) is 14.4. The molecule has 1 aliphatic heterocycles. The average molecular weight is 350 g/mol. The Morgan fingerprint density at radius 3 is 2.52 bits per heavy atom. The van der Waals surface area contributed by atoms with Gasteiger partial charge in [0.05, 0.1) is 18.9 Å². The number of aryl methyl sites for hydroxylation is 1. The molecule has 0 aromatic heterocycles. The van der Waals surface area contributed by atoms with E-state index in [9.17, 15) is 0 Å². The van der Waals surface area contributed by atoms with Crippen molar-refractivity contribution in [2.24, 2.45) is 0 Å². The van der Waals surface area contributed by atoms with Gasteiger partial charge in [0.15, 0.2) is 0 Å². The lowest BCUT2D eigenvalue weighted by atomic mass is 10.1. The van der Waals surface area contributed by atoms with Gasteiger partial charge in [0.1, 0.15) is 4.99 Å². The molecule has 0 amide bonds. The zero-order valence-corrected chi connectivity index (χ0v) is 15.2. The van der Waals surface area contributed by atoms with Crippen LogP contribution < -0.4 is 5.32 Å². The fourth-order valence-corrected chi connectivity index (χ4v) is 3.81. The van der Waals surface area contributed by atoms with E-state index in [-0.39, 0.29) is 0 Å². The van der Waals surface area contributed by atoms with E-state index in [1.54, 1.807) is 0 Å². The molecule has 0 saturated carbocycles. The number of rotatable bonds is 3. The Balaban J connectivity index is 1.66. The fraction of sp³-hybridized carbons (Fsp3) is 0.286. The van der Waals surface area contributed by atoms with E-state index < -0.39 is 0 Å². The number of anilines is 1. The third-order valence-corrected chi connectivity index (χ3v) is 5.18. The lowest BCUT2D eigenvalue weighted by Crippen LogP contribution is -2.35. The van der Waals surface area contributed by atoms with Crippen molar-refractivity contribution in [2.75, 3.05) is 31.6 Å². The van der Waals surface area contributed by atoms with E-state index in [2.05, 4.69) is 65.7 Å². The molecule has 1 saturated heterocycles. The quantitative estimate of drug-likeness (QED) is 0.845. The van der Waals surface area contributed by atoms with Crippen molar-refractivity contribution in [3.63, 3.8) is 0 Å². The normalized spacial score (nSPS) is 16.8. The van der Waals surface area contributed by atoms with E-state index in [0.717, 1.165) is 43.4 Å². The maximum atomic E-state index is 5.80. The van der Waals surface area contributed by atoms with Crippen LogP contribution in [0.2, 0.25) is 0 Å². The fourth-order valence-electron chi connectivity index (χ4n) is 3.52. The Labute approximate surface area is 154 Å². The van der Waals surface area contributed by atoms with E-state index in [1.165, 1.54) is 28.0 Å². The number of nitrogens with one attached hydrogen (secondary N) is 1. The summed E-state index contributed by atoms with van der Waals surface area (Å²) in [6, 6.07) is 17.0. The molecular formula is C21H22N2OS. The lowest BCUT2D eigenvalue weighted by Gasteiger charge is -2.31. The van der Waals surface area contributed by atoms with Crippen LogP contribution >= 0.6 is 12.2 Å². The molecule has 0 unspecified atom stereocenters. The van der Waals surface area contributed by atoms with Crippen LogP contribution in [-0.2, 0) is 11.2 Å². The largest absolute Gasteiger partial charge is 0.378 e. The molecule has 1 fully saturated rings. The molecule has 2 aliphatic rings. The van der Waals surface area contributed by atoms with E-state index >= 15 is 0 Å². The molecule has 0 bridgehead atoms. The second-order valence-electron chi connectivity index (χ2n) is 6.58. The van der Waals surface area contributed by atoms with Crippen LogP contribution in [0.5, 0.6) is 0 Å². The van der Waals surface area contributed by atoms with Crippen LogP contribution in [0.3, 0.4) is 0 Å². The van der Waals surface area contributed by atoms with Crippen LogP contribution in [0.15, 0.2) is 54.1 Å². The maximum absolute atomic E-state index is 5.80. The van der Waals surface area contributed by atoms with Crippen LogP contribution in [0.1, 0.15) is 16.7 Å². The van der Waals surface area contributed by atoms with Crippen molar-refractivity contribution < 1.29 is 4.74 Å². The Kier molecular flexibility index (Phi) is 4.55. The van der Waals surface area contributed by atoms with Gasteiger partial charge in [-0.2, -0.15) is 0 Å². The van der Waals surface area contributed by atoms with Crippen molar-refractivity contribution in [3.8, 4) is 0 Å². The predicted molar refractivity (Wildman–Crippen MR) is 107 cm³/mol. The monoisotopic (exact) mass is 350 g/mol. The summed E-state index contributed by atoms with van der Waals surface area (Å²) in [5, 5.41) is 3.43. The second-order valence-corrected chi connectivity index (χ2v) is 6.99. The van der Waals surface area contributed by atoms with Crippen molar-refractivity contribution in [1.29, 1.82) is 0 Å². The number of morpholine rings is 1. The SMILES string of the molecule is Cc1ccc(NC(=S)C2=C(N3CCOCC3)c3ccccc3C2)cc1. The third kappa shape index (κ3) is 3.32. The van der Waals surface area contributed by atoms with Crippen LogP contribution in [0, 0.1) is 6.92 Å². The first-order valence-electron chi connectivity index (χ1n) is 8.74. The lowest BCUT2D eigenvalue weighted by molar-refractivity contribution is 0.0639. The first-order valence-corrected chi connectivity index (χ1v) is 9.15. The van der Waals surface area contributed by atoms with Gasteiger partial charge in [-0.25, -0.2) is 0 Å². The minimum absolute atomic E-state index is 0.775. The summed E-state index contributed by atoms with van der Waals surface area (Å²) in [7, 11) is 0. The first-order chi connectivity index (χ1) is 12.2. The first kappa shape index (κ1) is 16.3. The van der Waals surface area contributed by atoms with Crippen LogP contribution in [-0.4, -0.2) is 36.2 Å². The summed E-state index contributed by atoms with van der Waals surface area (Å²) in [4.78, 5) is 3.25. The molecule has 2 aromatic rings. The molecule has 1 N–H and O–H groups in total. The average Bonchev–Trinajstić information content (AvgIpc) is 3.04. The molecule has 1 aliphatic carbocycles. The van der Waals surface area contributed by atoms with Crippen LogP contribution in [0.25, 0.3) is 5.70 Å². The summed E-state index contributed by atoms with van der Waals surface area (Å²) in [5.41, 5.74) is 7.46. The molecule has 0 atom stereocenters.